The van der Waals surface area contributed by atoms with Gasteiger partial charge in [-0.1, -0.05) is 0 Å². The van der Waals surface area contributed by atoms with E-state index in [-0.39, 0.29) is 11.2 Å². The molecule has 0 atom stereocenters. The molecule has 0 aliphatic carbocycles. The van der Waals surface area contributed by atoms with Gasteiger partial charge in [0, 0.05) is 0 Å². The lowest BCUT2D eigenvalue weighted by Crippen LogP contribution is -2.16. The van der Waals surface area contributed by atoms with Gasteiger partial charge < -0.3 is 20.0 Å². The lowest BCUT2D eigenvalue weighted by atomic mass is 10.3. The number of H-pyrrole nitrogens is 1. The van der Waals surface area contributed by atoms with Gasteiger partial charge in [0.1, 0.15) is 5.52 Å². The SMILES string of the molecule is NOC(=O)c1nc(C(=O)O)c2[nH]c(C(=O)O)nc2n1. The molecule has 0 unspecified atom stereocenters. The van der Waals surface area contributed by atoms with Crippen LogP contribution in [-0.4, -0.2) is 48.1 Å². The number of aromatic nitrogens is 4. The van der Waals surface area contributed by atoms with E-state index in [4.69, 9.17) is 10.2 Å². The number of hydrogen-bond donors (Lipinski definition) is 4. The highest BCUT2D eigenvalue weighted by atomic mass is 16.7. The molecule has 2 rings (SSSR count). The average molecular weight is 267 g/mol. The third kappa shape index (κ3) is 2.04. The summed E-state index contributed by atoms with van der Waals surface area (Å²) in [4.78, 5) is 49.4. The first-order valence-electron chi connectivity index (χ1n) is 4.59. The highest BCUT2D eigenvalue weighted by Gasteiger charge is 2.22. The minimum absolute atomic E-state index is 0.224. The number of aromatic amines is 1. The number of aromatic carboxylic acids is 2. The van der Waals surface area contributed by atoms with Crippen LogP contribution in [-0.2, 0) is 4.84 Å². The lowest BCUT2D eigenvalue weighted by Gasteiger charge is -1.99. The highest BCUT2D eigenvalue weighted by Crippen LogP contribution is 2.14. The van der Waals surface area contributed by atoms with Crippen molar-refractivity contribution in [3.8, 4) is 0 Å². The summed E-state index contributed by atoms with van der Waals surface area (Å²) in [6, 6.07) is 0. The molecule has 2 aromatic rings. The number of carbonyl (C=O) groups excluding carboxylic acids is 1. The van der Waals surface area contributed by atoms with Crippen molar-refractivity contribution in [2.45, 2.75) is 0 Å². The van der Waals surface area contributed by atoms with Gasteiger partial charge in [0.05, 0.1) is 0 Å². The molecule has 0 amide bonds. The van der Waals surface area contributed by atoms with Crippen molar-refractivity contribution < 1.29 is 29.4 Å². The molecule has 0 aliphatic rings. The third-order valence-electron chi connectivity index (χ3n) is 2.05. The summed E-state index contributed by atoms with van der Waals surface area (Å²) in [6.07, 6.45) is 0. The standard InChI is InChI=1S/C8H5N5O6/c9-19-8(18)5-11-2(6(14)15)1-3(13-5)12-4(10-1)7(16)17/h9H2,(H,14,15)(H,16,17)(H,10,11,12,13). The number of imidazole rings is 1. The van der Waals surface area contributed by atoms with E-state index in [0.717, 1.165) is 0 Å². The van der Waals surface area contributed by atoms with E-state index in [9.17, 15) is 14.4 Å². The van der Waals surface area contributed by atoms with Crippen LogP contribution in [0.15, 0.2) is 0 Å². The molecule has 11 heteroatoms. The second kappa shape index (κ2) is 4.30. The molecule has 0 saturated heterocycles. The van der Waals surface area contributed by atoms with E-state index in [2.05, 4.69) is 30.7 Å². The van der Waals surface area contributed by atoms with Crippen molar-refractivity contribution >= 4 is 29.1 Å². The molecule has 0 aromatic carbocycles. The van der Waals surface area contributed by atoms with Crippen LogP contribution in [0.2, 0.25) is 0 Å². The second-order valence-electron chi connectivity index (χ2n) is 3.20. The number of nitrogens with one attached hydrogen (secondary N) is 1. The van der Waals surface area contributed by atoms with E-state index in [1.165, 1.54) is 0 Å². The van der Waals surface area contributed by atoms with Crippen LogP contribution in [0, 0.1) is 0 Å². The van der Waals surface area contributed by atoms with Crippen molar-refractivity contribution in [1.29, 1.82) is 0 Å². The zero-order chi connectivity index (χ0) is 14.2. The number of carboxylic acid groups (broad SMARTS) is 2. The van der Waals surface area contributed by atoms with Crippen LogP contribution in [0.25, 0.3) is 11.2 Å². The van der Waals surface area contributed by atoms with Gasteiger partial charge in [-0.05, 0) is 0 Å². The van der Waals surface area contributed by atoms with Crippen molar-refractivity contribution in [3.05, 3.63) is 17.3 Å². The number of hydrogen-bond acceptors (Lipinski definition) is 8. The number of nitrogens with two attached hydrogens (primary N) is 1. The summed E-state index contributed by atoms with van der Waals surface area (Å²) in [5.41, 5.74) is -1.14. The van der Waals surface area contributed by atoms with Crippen LogP contribution in [0.1, 0.15) is 31.7 Å². The van der Waals surface area contributed by atoms with Gasteiger partial charge in [-0.3, -0.25) is 0 Å². The largest absolute Gasteiger partial charge is 0.476 e. The number of carbonyl (C=O) groups is 3. The first-order valence-corrected chi connectivity index (χ1v) is 4.59. The highest BCUT2D eigenvalue weighted by molar-refractivity contribution is 6.01. The maximum atomic E-state index is 11.2. The maximum Gasteiger partial charge on any atom is 0.394 e. The minimum atomic E-state index is -1.50. The van der Waals surface area contributed by atoms with Crippen molar-refractivity contribution in [3.63, 3.8) is 0 Å². The molecule has 0 bridgehead atoms. The monoisotopic (exact) mass is 267 g/mol. The Balaban J connectivity index is 2.75. The number of rotatable bonds is 3. The summed E-state index contributed by atoms with van der Waals surface area (Å²) in [7, 11) is 0. The van der Waals surface area contributed by atoms with E-state index in [1.807, 2.05) is 0 Å². The predicted octanol–water partition coefficient (Wildman–Crippen LogP) is -1.22. The smallest absolute Gasteiger partial charge is 0.394 e. The molecular formula is C8H5N5O6. The second-order valence-corrected chi connectivity index (χ2v) is 3.20. The van der Waals surface area contributed by atoms with E-state index < -0.39 is 35.3 Å². The van der Waals surface area contributed by atoms with Crippen LogP contribution < -0.4 is 5.90 Å². The number of nitrogens with zero attached hydrogens (tertiary/aromatic N) is 3. The van der Waals surface area contributed by atoms with Gasteiger partial charge in [0.2, 0.25) is 11.6 Å². The molecule has 0 fully saturated rings. The fraction of sp³-hybridized carbons (Fsp3) is 0. The molecule has 0 aliphatic heterocycles. The number of carboxylic acids is 2. The fourth-order valence-electron chi connectivity index (χ4n) is 1.30. The molecule has 2 aromatic heterocycles. The van der Waals surface area contributed by atoms with E-state index in [1.54, 1.807) is 0 Å². The minimum Gasteiger partial charge on any atom is -0.476 e. The summed E-state index contributed by atoms with van der Waals surface area (Å²) in [5, 5.41) is 17.7. The molecule has 2 heterocycles. The quantitative estimate of drug-likeness (QED) is 0.491. The summed E-state index contributed by atoms with van der Waals surface area (Å²) in [5.74, 6) is -0.648. The maximum absolute atomic E-state index is 11.2. The van der Waals surface area contributed by atoms with Crippen molar-refractivity contribution in [2.24, 2.45) is 5.90 Å². The van der Waals surface area contributed by atoms with Gasteiger partial charge >= 0.3 is 17.9 Å². The first kappa shape index (κ1) is 12.4. The molecule has 0 radical (unpaired) electrons. The Bertz CT molecular complexity index is 707. The molecule has 0 saturated carbocycles. The molecule has 5 N–H and O–H groups in total. The van der Waals surface area contributed by atoms with Crippen LogP contribution in [0.4, 0.5) is 0 Å². The summed E-state index contributed by atoms with van der Waals surface area (Å²) >= 11 is 0. The molecule has 11 nitrogen and oxygen atoms in total. The third-order valence-corrected chi connectivity index (χ3v) is 2.05. The average Bonchev–Trinajstić information content (AvgIpc) is 2.80. The summed E-state index contributed by atoms with van der Waals surface area (Å²) < 4.78 is 0. The van der Waals surface area contributed by atoms with Gasteiger partial charge in [0.15, 0.2) is 11.3 Å². The Kier molecular flexibility index (Phi) is 2.80. The normalized spacial score (nSPS) is 10.4. The Labute approximate surface area is 103 Å². The predicted molar refractivity (Wildman–Crippen MR) is 55.2 cm³/mol. The van der Waals surface area contributed by atoms with Gasteiger partial charge in [0.25, 0.3) is 0 Å². The lowest BCUT2D eigenvalue weighted by molar-refractivity contribution is 0.0488. The van der Waals surface area contributed by atoms with Gasteiger partial charge in [-0.25, -0.2) is 29.3 Å². The molecule has 98 valence electrons. The van der Waals surface area contributed by atoms with Crippen molar-refractivity contribution in [2.75, 3.05) is 0 Å². The fourth-order valence-corrected chi connectivity index (χ4v) is 1.30. The Morgan fingerprint density at radius 3 is 2.32 bits per heavy atom. The van der Waals surface area contributed by atoms with E-state index >= 15 is 0 Å². The Hall–Kier alpha value is -3.08. The topological polar surface area (TPSA) is 181 Å². The van der Waals surface area contributed by atoms with Crippen molar-refractivity contribution in [1.82, 2.24) is 19.9 Å². The molecule has 0 spiro atoms. The Morgan fingerprint density at radius 2 is 1.79 bits per heavy atom. The molecule has 19 heavy (non-hydrogen) atoms. The van der Waals surface area contributed by atoms with Crippen LogP contribution in [0.5, 0.6) is 0 Å². The zero-order valence-corrected chi connectivity index (χ0v) is 8.95. The summed E-state index contributed by atoms with van der Waals surface area (Å²) in [6.45, 7) is 0. The molecular weight excluding hydrogens is 262 g/mol. The first-order chi connectivity index (χ1) is 8.93. The van der Waals surface area contributed by atoms with Gasteiger partial charge in [-0.15, -0.1) is 0 Å². The van der Waals surface area contributed by atoms with Gasteiger partial charge in [-0.2, -0.15) is 5.90 Å². The zero-order valence-electron chi connectivity index (χ0n) is 8.95. The van der Waals surface area contributed by atoms with E-state index in [0.29, 0.717) is 0 Å². The Morgan fingerprint density at radius 1 is 1.11 bits per heavy atom. The number of fused-ring (bicyclic) bond motifs is 1. The van der Waals surface area contributed by atoms with Crippen LogP contribution in [0.3, 0.4) is 0 Å². The van der Waals surface area contributed by atoms with Crippen LogP contribution >= 0.6 is 0 Å².